The smallest absolute Gasteiger partial charge is 0.00552 e. The molecule has 2 unspecified atom stereocenters. The molecule has 0 aliphatic heterocycles. The molecule has 166 valence electrons. The molecular formula is C34H30. The summed E-state index contributed by atoms with van der Waals surface area (Å²) in [5.74, 6) is 1.01. The van der Waals surface area contributed by atoms with Crippen LogP contribution in [0.2, 0.25) is 0 Å². The summed E-state index contributed by atoms with van der Waals surface area (Å²) in [5.41, 5.74) is 14.0. The molecule has 0 bridgehead atoms. The summed E-state index contributed by atoms with van der Waals surface area (Å²) < 4.78 is 0. The summed E-state index contributed by atoms with van der Waals surface area (Å²) in [6.45, 7) is 4.62. The van der Waals surface area contributed by atoms with Gasteiger partial charge in [-0.1, -0.05) is 108 Å². The van der Waals surface area contributed by atoms with E-state index in [-0.39, 0.29) is 0 Å². The van der Waals surface area contributed by atoms with Gasteiger partial charge in [0.05, 0.1) is 0 Å². The fourth-order valence-electron chi connectivity index (χ4n) is 5.92. The number of benzene rings is 4. The van der Waals surface area contributed by atoms with Crippen molar-refractivity contribution in [3.63, 3.8) is 0 Å². The Morgan fingerprint density at radius 3 is 1.29 bits per heavy atom. The zero-order valence-electron chi connectivity index (χ0n) is 20.0. The van der Waals surface area contributed by atoms with Crippen LogP contribution in [0.5, 0.6) is 0 Å². The van der Waals surface area contributed by atoms with Crippen LogP contribution < -0.4 is 0 Å². The Bertz CT molecular complexity index is 1290. The first-order valence-electron chi connectivity index (χ1n) is 12.4. The third-order valence-electron chi connectivity index (χ3n) is 7.75. The minimum Gasteiger partial charge on any atom is -0.0652 e. The largest absolute Gasteiger partial charge is 0.0652 e. The van der Waals surface area contributed by atoms with Gasteiger partial charge in [-0.2, -0.15) is 0 Å². The van der Waals surface area contributed by atoms with Gasteiger partial charge in [-0.25, -0.2) is 0 Å². The van der Waals surface area contributed by atoms with Gasteiger partial charge in [-0.3, -0.25) is 0 Å². The number of hydrogen-bond acceptors (Lipinski definition) is 0. The Labute approximate surface area is 203 Å². The van der Waals surface area contributed by atoms with Crippen molar-refractivity contribution >= 4 is 12.2 Å². The summed E-state index contributed by atoms with van der Waals surface area (Å²) in [4.78, 5) is 0. The van der Waals surface area contributed by atoms with E-state index in [2.05, 4.69) is 123 Å². The Balaban J connectivity index is 1.26. The van der Waals surface area contributed by atoms with Gasteiger partial charge in [0.15, 0.2) is 0 Å². The van der Waals surface area contributed by atoms with Crippen molar-refractivity contribution in [2.24, 2.45) is 0 Å². The first-order chi connectivity index (χ1) is 16.7. The van der Waals surface area contributed by atoms with Crippen LogP contribution in [0.4, 0.5) is 0 Å². The van der Waals surface area contributed by atoms with Gasteiger partial charge in [0.1, 0.15) is 0 Å². The Hall–Kier alpha value is -3.64. The molecule has 0 amide bonds. The maximum Gasteiger partial charge on any atom is 0.00552 e. The maximum absolute atomic E-state index is 2.43. The molecule has 0 aromatic heterocycles. The highest BCUT2D eigenvalue weighted by molar-refractivity contribution is 5.74. The molecule has 2 aliphatic carbocycles. The van der Waals surface area contributed by atoms with Crippen LogP contribution in [0.3, 0.4) is 0 Å². The second-order valence-corrected chi connectivity index (χ2v) is 9.88. The third kappa shape index (κ3) is 3.74. The summed E-state index contributed by atoms with van der Waals surface area (Å²) in [5, 5.41) is 0. The van der Waals surface area contributed by atoms with Crippen molar-refractivity contribution in [3.05, 3.63) is 130 Å². The second kappa shape index (κ2) is 8.61. The van der Waals surface area contributed by atoms with Gasteiger partial charge in [-0.15, -0.1) is 0 Å². The van der Waals surface area contributed by atoms with Crippen molar-refractivity contribution in [2.75, 3.05) is 0 Å². The van der Waals surface area contributed by atoms with Crippen LogP contribution in [0.1, 0.15) is 60.8 Å². The van der Waals surface area contributed by atoms with Crippen LogP contribution in [-0.4, -0.2) is 0 Å². The minimum atomic E-state index is 0.507. The lowest BCUT2D eigenvalue weighted by Crippen LogP contribution is -2.04. The molecule has 0 nitrogen and oxygen atoms in total. The summed E-state index contributed by atoms with van der Waals surface area (Å²) in [7, 11) is 0. The molecule has 6 rings (SSSR count). The molecule has 4 aromatic rings. The first kappa shape index (κ1) is 20.9. The standard InChI is InChI=1S/C34H30/c1-23-19-29-15-13-27(25-9-5-3-6-10-25)21-33(29)31(23)17-18-32-24(2)20-30-16-14-28(22-34(30)32)26-11-7-4-8-12-26/h3-16,19-22,31-32H,17-18H2,1-2H3. The van der Waals surface area contributed by atoms with Crippen molar-refractivity contribution in [3.8, 4) is 22.3 Å². The number of allylic oxidation sites excluding steroid dienone is 2. The minimum absolute atomic E-state index is 0.507. The highest BCUT2D eigenvalue weighted by atomic mass is 14.3. The molecular weight excluding hydrogens is 408 g/mol. The molecule has 0 spiro atoms. The fourth-order valence-corrected chi connectivity index (χ4v) is 5.92. The third-order valence-corrected chi connectivity index (χ3v) is 7.75. The van der Waals surface area contributed by atoms with Gasteiger partial charge in [0.25, 0.3) is 0 Å². The van der Waals surface area contributed by atoms with Crippen molar-refractivity contribution < 1.29 is 0 Å². The van der Waals surface area contributed by atoms with Crippen LogP contribution in [0.15, 0.2) is 108 Å². The fraction of sp³-hybridized carbons (Fsp3) is 0.176. The van der Waals surface area contributed by atoms with Gasteiger partial charge < -0.3 is 0 Å². The van der Waals surface area contributed by atoms with Crippen molar-refractivity contribution in [1.82, 2.24) is 0 Å². The van der Waals surface area contributed by atoms with Crippen molar-refractivity contribution in [2.45, 2.75) is 38.5 Å². The molecule has 2 aliphatic rings. The highest BCUT2D eigenvalue weighted by Gasteiger charge is 2.28. The lowest BCUT2D eigenvalue weighted by Gasteiger charge is -2.20. The second-order valence-electron chi connectivity index (χ2n) is 9.88. The van der Waals surface area contributed by atoms with Crippen LogP contribution in [0, 0.1) is 0 Å². The van der Waals surface area contributed by atoms with E-state index in [4.69, 9.17) is 0 Å². The average Bonchev–Trinajstić information content (AvgIpc) is 3.37. The van der Waals surface area contributed by atoms with Crippen LogP contribution in [0.25, 0.3) is 34.4 Å². The molecule has 0 saturated heterocycles. The SMILES string of the molecule is CC1=Cc2ccc(-c3ccccc3)cc2C1CCC1C(C)=Cc2ccc(-c3ccccc3)cc21. The normalized spacial score (nSPS) is 18.3. The molecule has 0 saturated carbocycles. The van der Waals surface area contributed by atoms with E-state index in [0.29, 0.717) is 11.8 Å². The highest BCUT2D eigenvalue weighted by Crippen LogP contribution is 2.46. The first-order valence-corrected chi connectivity index (χ1v) is 12.4. The predicted molar refractivity (Wildman–Crippen MR) is 146 cm³/mol. The average molecular weight is 439 g/mol. The maximum atomic E-state index is 2.43. The van der Waals surface area contributed by atoms with Crippen molar-refractivity contribution in [1.29, 1.82) is 0 Å². The lowest BCUT2D eigenvalue weighted by molar-refractivity contribution is 0.611. The Kier molecular flexibility index (Phi) is 5.30. The van der Waals surface area contributed by atoms with Gasteiger partial charge in [-0.05, 0) is 83.3 Å². The number of rotatable bonds is 5. The molecule has 2 atom stereocenters. The van der Waals surface area contributed by atoms with Gasteiger partial charge in [0, 0.05) is 11.8 Å². The zero-order valence-corrected chi connectivity index (χ0v) is 20.0. The summed E-state index contributed by atoms with van der Waals surface area (Å²) in [6.07, 6.45) is 7.15. The summed E-state index contributed by atoms with van der Waals surface area (Å²) >= 11 is 0. The lowest BCUT2D eigenvalue weighted by atomic mass is 9.83. The van der Waals surface area contributed by atoms with Gasteiger partial charge in [0.2, 0.25) is 0 Å². The molecule has 0 radical (unpaired) electrons. The molecule has 0 heterocycles. The monoisotopic (exact) mass is 438 g/mol. The zero-order chi connectivity index (χ0) is 23.1. The van der Waals surface area contributed by atoms with E-state index in [1.54, 1.807) is 0 Å². The van der Waals surface area contributed by atoms with Crippen LogP contribution >= 0.6 is 0 Å². The Morgan fingerprint density at radius 1 is 0.471 bits per heavy atom. The quantitative estimate of drug-likeness (QED) is 0.291. The van der Waals surface area contributed by atoms with E-state index >= 15 is 0 Å². The predicted octanol–water partition coefficient (Wildman–Crippen LogP) is 9.50. The molecule has 0 N–H and O–H groups in total. The van der Waals surface area contributed by atoms with Crippen LogP contribution in [-0.2, 0) is 0 Å². The number of hydrogen-bond donors (Lipinski definition) is 0. The van der Waals surface area contributed by atoms with E-state index in [0.717, 1.165) is 0 Å². The van der Waals surface area contributed by atoms with Gasteiger partial charge >= 0.3 is 0 Å². The molecule has 0 heteroatoms. The molecule has 34 heavy (non-hydrogen) atoms. The van der Waals surface area contributed by atoms with E-state index in [1.807, 2.05) is 0 Å². The van der Waals surface area contributed by atoms with E-state index < -0.39 is 0 Å². The van der Waals surface area contributed by atoms with E-state index in [9.17, 15) is 0 Å². The Morgan fingerprint density at radius 2 is 0.882 bits per heavy atom. The molecule has 0 fully saturated rings. The van der Waals surface area contributed by atoms with E-state index in [1.165, 1.54) is 68.5 Å². The number of fused-ring (bicyclic) bond motifs is 2. The molecule has 4 aromatic carbocycles. The summed E-state index contributed by atoms with van der Waals surface area (Å²) in [6, 6.07) is 35.5. The topological polar surface area (TPSA) is 0 Å².